The Morgan fingerprint density at radius 2 is 1.82 bits per heavy atom. The van der Waals surface area contributed by atoms with E-state index < -0.39 is 35.6 Å². The van der Waals surface area contributed by atoms with Crippen molar-refractivity contribution in [3.63, 3.8) is 0 Å². The fraction of sp³-hybridized carbons (Fsp3) is 0.214. The van der Waals surface area contributed by atoms with E-state index in [0.29, 0.717) is 23.1 Å². The molecule has 0 saturated carbocycles. The van der Waals surface area contributed by atoms with Gasteiger partial charge in [-0.1, -0.05) is 35.9 Å². The molecule has 1 saturated heterocycles. The smallest absolute Gasteiger partial charge is 0.319 e. The normalized spacial score (nSPS) is 16.5. The van der Waals surface area contributed by atoms with Crippen LogP contribution < -0.4 is 20.7 Å². The van der Waals surface area contributed by atoms with Gasteiger partial charge in [0.25, 0.3) is 5.91 Å². The van der Waals surface area contributed by atoms with Gasteiger partial charge in [0.1, 0.15) is 24.2 Å². The predicted molar refractivity (Wildman–Crippen MR) is 141 cm³/mol. The third-order valence-electron chi connectivity index (χ3n) is 6.63. The number of anilines is 1. The Morgan fingerprint density at radius 1 is 1.05 bits per heavy atom. The summed E-state index contributed by atoms with van der Waals surface area (Å²) in [5, 5.41) is 8.12. The molecule has 5 rings (SSSR count). The molecule has 0 spiro atoms. The molecule has 1 atom stereocenters. The van der Waals surface area contributed by atoms with Crippen LogP contribution in [0.15, 0.2) is 60.7 Å². The van der Waals surface area contributed by atoms with Gasteiger partial charge < -0.3 is 20.3 Å². The van der Waals surface area contributed by atoms with Gasteiger partial charge in [-0.05, 0) is 42.8 Å². The van der Waals surface area contributed by atoms with E-state index in [1.54, 1.807) is 30.3 Å². The number of fused-ring (bicyclic) bond motifs is 1. The van der Waals surface area contributed by atoms with Gasteiger partial charge in [0.05, 0.1) is 6.54 Å². The molecule has 0 bridgehead atoms. The van der Waals surface area contributed by atoms with E-state index in [0.717, 1.165) is 5.56 Å². The van der Waals surface area contributed by atoms with Crippen molar-refractivity contribution >= 4 is 41.0 Å². The third-order valence-corrected chi connectivity index (χ3v) is 7.00. The molecule has 2 heterocycles. The van der Waals surface area contributed by atoms with Crippen molar-refractivity contribution in [3.05, 3.63) is 93.8 Å². The SMILES string of the molecule is O=C1CCC(N2Cc3c(ccc(CNC(=O)Nc4ccc(OCc5ccccc5Cl)cc4)c3F)C2=O)C(=O)N1. The standard InChI is InChI=1S/C28H24ClFN4O5/c29-22-4-2-1-3-17(22)15-39-19-8-6-18(7-9-19)32-28(38)31-13-16-5-10-20-21(25(16)30)14-34(27(20)37)23-11-12-24(35)33-26(23)36/h1-10,23H,11-15H2,(H2,31,32,38)(H,33,35,36). The summed E-state index contributed by atoms with van der Waals surface area (Å²) in [6.07, 6.45) is 0.302. The van der Waals surface area contributed by atoms with Crippen LogP contribution >= 0.6 is 11.6 Å². The largest absolute Gasteiger partial charge is 0.489 e. The van der Waals surface area contributed by atoms with Crippen molar-refractivity contribution in [1.29, 1.82) is 0 Å². The number of hydrogen-bond acceptors (Lipinski definition) is 5. The molecule has 9 nitrogen and oxygen atoms in total. The summed E-state index contributed by atoms with van der Waals surface area (Å²) >= 11 is 6.14. The molecule has 11 heteroatoms. The molecule has 39 heavy (non-hydrogen) atoms. The van der Waals surface area contributed by atoms with Gasteiger partial charge >= 0.3 is 6.03 Å². The number of urea groups is 1. The molecule has 0 radical (unpaired) electrons. The Bertz CT molecular complexity index is 1460. The first-order valence-corrected chi connectivity index (χ1v) is 12.6. The molecule has 5 amide bonds. The van der Waals surface area contributed by atoms with Crippen LogP contribution in [0, 0.1) is 5.82 Å². The third kappa shape index (κ3) is 5.70. The van der Waals surface area contributed by atoms with Crippen molar-refractivity contribution in [3.8, 4) is 5.75 Å². The summed E-state index contributed by atoms with van der Waals surface area (Å²) < 4.78 is 21.0. The van der Waals surface area contributed by atoms with Crippen molar-refractivity contribution < 1.29 is 28.3 Å². The molecule has 1 fully saturated rings. The van der Waals surface area contributed by atoms with E-state index in [4.69, 9.17) is 16.3 Å². The van der Waals surface area contributed by atoms with Gasteiger partial charge in [0.2, 0.25) is 11.8 Å². The van der Waals surface area contributed by atoms with Crippen LogP contribution in [0.2, 0.25) is 5.02 Å². The lowest BCUT2D eigenvalue weighted by Crippen LogP contribution is -2.52. The predicted octanol–water partition coefficient (Wildman–Crippen LogP) is 4.14. The maximum Gasteiger partial charge on any atom is 0.319 e. The fourth-order valence-corrected chi connectivity index (χ4v) is 4.74. The highest BCUT2D eigenvalue weighted by Crippen LogP contribution is 2.30. The Balaban J connectivity index is 1.15. The first kappa shape index (κ1) is 26.2. The van der Waals surface area contributed by atoms with Crippen LogP contribution in [0.3, 0.4) is 0 Å². The summed E-state index contributed by atoms with van der Waals surface area (Å²) in [6.45, 7) is 0.101. The van der Waals surface area contributed by atoms with E-state index in [1.165, 1.54) is 17.0 Å². The quantitative estimate of drug-likeness (QED) is 0.382. The first-order chi connectivity index (χ1) is 18.8. The molecule has 200 valence electrons. The number of ether oxygens (including phenoxy) is 1. The number of amides is 5. The van der Waals surface area contributed by atoms with Crippen LogP contribution in [-0.4, -0.2) is 34.7 Å². The van der Waals surface area contributed by atoms with Gasteiger partial charge in [-0.3, -0.25) is 19.7 Å². The van der Waals surface area contributed by atoms with E-state index in [1.807, 2.05) is 18.2 Å². The molecule has 0 aliphatic carbocycles. The lowest BCUT2D eigenvalue weighted by molar-refractivity contribution is -0.136. The van der Waals surface area contributed by atoms with Gasteiger partial charge in [-0.2, -0.15) is 0 Å². The number of carbonyl (C=O) groups excluding carboxylic acids is 4. The highest BCUT2D eigenvalue weighted by Gasteiger charge is 2.40. The second kappa shape index (κ2) is 11.1. The van der Waals surface area contributed by atoms with Crippen molar-refractivity contribution in [2.75, 3.05) is 5.32 Å². The Morgan fingerprint density at radius 3 is 2.56 bits per heavy atom. The average Bonchev–Trinajstić information content (AvgIpc) is 3.25. The summed E-state index contributed by atoms with van der Waals surface area (Å²) in [6, 6.07) is 15.7. The second-order valence-electron chi connectivity index (χ2n) is 9.18. The van der Waals surface area contributed by atoms with Crippen LogP contribution in [-0.2, 0) is 29.3 Å². The number of rotatable bonds is 7. The number of piperidine rings is 1. The number of nitrogens with one attached hydrogen (secondary N) is 3. The minimum Gasteiger partial charge on any atom is -0.489 e. The molecule has 2 aliphatic heterocycles. The first-order valence-electron chi connectivity index (χ1n) is 12.3. The molecular formula is C28H24ClFN4O5. The zero-order valence-corrected chi connectivity index (χ0v) is 21.4. The van der Waals surface area contributed by atoms with Crippen LogP contribution in [0.1, 0.15) is 39.9 Å². The molecule has 3 N–H and O–H groups in total. The molecule has 1 unspecified atom stereocenters. The maximum absolute atomic E-state index is 15.3. The highest BCUT2D eigenvalue weighted by atomic mass is 35.5. The van der Waals surface area contributed by atoms with E-state index in [-0.39, 0.29) is 42.6 Å². The van der Waals surface area contributed by atoms with E-state index >= 15 is 4.39 Å². The molecule has 0 aromatic heterocycles. The minimum atomic E-state index is -0.831. The Hall–Kier alpha value is -4.44. The molecular weight excluding hydrogens is 527 g/mol. The van der Waals surface area contributed by atoms with Gasteiger partial charge in [-0.15, -0.1) is 0 Å². The maximum atomic E-state index is 15.3. The van der Waals surface area contributed by atoms with Gasteiger partial charge in [0.15, 0.2) is 0 Å². The number of carbonyl (C=O) groups is 4. The number of benzene rings is 3. The highest BCUT2D eigenvalue weighted by molar-refractivity contribution is 6.31. The van der Waals surface area contributed by atoms with E-state index in [9.17, 15) is 19.2 Å². The second-order valence-corrected chi connectivity index (χ2v) is 9.58. The number of imide groups is 1. The Kier molecular flexibility index (Phi) is 7.47. The van der Waals surface area contributed by atoms with E-state index in [2.05, 4.69) is 16.0 Å². The van der Waals surface area contributed by atoms with Gasteiger partial charge in [-0.25, -0.2) is 9.18 Å². The van der Waals surface area contributed by atoms with Crippen molar-refractivity contribution in [1.82, 2.24) is 15.5 Å². The number of nitrogens with zero attached hydrogens (tertiary/aromatic N) is 1. The van der Waals surface area contributed by atoms with Crippen LogP contribution in [0.25, 0.3) is 0 Å². The van der Waals surface area contributed by atoms with Crippen LogP contribution in [0.4, 0.5) is 14.9 Å². The lowest BCUT2D eigenvalue weighted by atomic mass is 10.0. The molecule has 2 aliphatic rings. The van der Waals surface area contributed by atoms with Gasteiger partial charge in [0, 0.05) is 45.9 Å². The summed E-state index contributed by atoms with van der Waals surface area (Å²) in [4.78, 5) is 50.1. The number of hydrogen-bond donors (Lipinski definition) is 3. The minimum absolute atomic E-state index is 0.0861. The summed E-state index contributed by atoms with van der Waals surface area (Å²) in [5.41, 5.74) is 1.90. The average molecular weight is 551 g/mol. The van der Waals surface area contributed by atoms with Crippen molar-refractivity contribution in [2.45, 2.75) is 38.6 Å². The topological polar surface area (TPSA) is 117 Å². The fourth-order valence-electron chi connectivity index (χ4n) is 4.55. The summed E-state index contributed by atoms with van der Waals surface area (Å²) in [5.74, 6) is -1.43. The lowest BCUT2D eigenvalue weighted by Gasteiger charge is -2.29. The Labute approximate surface area is 228 Å². The number of halogens is 2. The zero-order valence-electron chi connectivity index (χ0n) is 20.6. The van der Waals surface area contributed by atoms with Crippen molar-refractivity contribution in [2.24, 2.45) is 0 Å². The summed E-state index contributed by atoms with van der Waals surface area (Å²) in [7, 11) is 0. The molecule has 3 aromatic rings. The van der Waals surface area contributed by atoms with Crippen LogP contribution in [0.5, 0.6) is 5.75 Å². The molecule has 3 aromatic carbocycles. The monoisotopic (exact) mass is 550 g/mol. The zero-order chi connectivity index (χ0) is 27.5.